The van der Waals surface area contributed by atoms with Crippen LogP contribution >= 0.6 is 0 Å². The van der Waals surface area contributed by atoms with Crippen molar-refractivity contribution in [3.05, 3.63) is 18.2 Å². The van der Waals surface area contributed by atoms with E-state index in [1.54, 1.807) is 0 Å². The lowest BCUT2D eigenvalue weighted by atomic mass is 10.2. The fourth-order valence-corrected chi connectivity index (χ4v) is 3.26. The lowest BCUT2D eigenvalue weighted by molar-refractivity contribution is -0.119. The number of carbonyl (C=O) groups is 1. The van der Waals surface area contributed by atoms with Crippen LogP contribution in [0.1, 0.15) is 26.7 Å². The molecule has 1 amide bonds. The third-order valence-electron chi connectivity index (χ3n) is 3.19. The van der Waals surface area contributed by atoms with Gasteiger partial charge >= 0.3 is 0 Å². The summed E-state index contributed by atoms with van der Waals surface area (Å²) in [6, 6.07) is 4.23. The van der Waals surface area contributed by atoms with Crippen LogP contribution in [0.25, 0.3) is 0 Å². The average Bonchev–Trinajstić information content (AvgIpc) is 2.43. The van der Waals surface area contributed by atoms with Crippen molar-refractivity contribution in [1.82, 2.24) is 5.32 Å². The van der Waals surface area contributed by atoms with Crippen molar-refractivity contribution in [1.29, 1.82) is 0 Å². The number of ether oxygens (including phenoxy) is 1. The number of rotatable bonds is 7. The van der Waals surface area contributed by atoms with Crippen LogP contribution in [0.2, 0.25) is 0 Å². The molecule has 1 aromatic carbocycles. The van der Waals surface area contributed by atoms with E-state index >= 15 is 0 Å². The number of nitrogen functional groups attached to an aromatic ring is 1. The molecule has 0 aliphatic carbocycles. The highest BCUT2D eigenvalue weighted by molar-refractivity contribution is 7.92. The second kappa shape index (κ2) is 7.31. The van der Waals surface area contributed by atoms with Gasteiger partial charge in [-0.3, -0.25) is 4.79 Å². The van der Waals surface area contributed by atoms with Gasteiger partial charge in [0.15, 0.2) is 9.84 Å². The summed E-state index contributed by atoms with van der Waals surface area (Å²) < 4.78 is 29.6. The van der Waals surface area contributed by atoms with Gasteiger partial charge in [-0.15, -0.1) is 0 Å². The maximum atomic E-state index is 12.3. The highest BCUT2D eigenvalue weighted by Gasteiger charge is 2.24. The van der Waals surface area contributed by atoms with E-state index in [1.807, 2.05) is 13.8 Å². The predicted octanol–water partition coefficient (Wildman–Crippen LogP) is 1.36. The quantitative estimate of drug-likeness (QED) is 0.740. The monoisotopic (exact) mass is 314 g/mol. The van der Waals surface area contributed by atoms with Crippen molar-refractivity contribution in [2.24, 2.45) is 0 Å². The minimum absolute atomic E-state index is 0.0130. The topological polar surface area (TPSA) is 98.5 Å². The van der Waals surface area contributed by atoms with Crippen LogP contribution in [0.5, 0.6) is 5.75 Å². The summed E-state index contributed by atoms with van der Waals surface area (Å²) in [7, 11) is -2.41. The standard InChI is InChI=1S/C14H22N2O4S/c1-4-11(5-2)16-14(17)9-21(18,19)13-7-6-10(15)8-12(13)20-3/h6-8,11H,4-5,9,15H2,1-3H3,(H,16,17). The highest BCUT2D eigenvalue weighted by atomic mass is 32.2. The lowest BCUT2D eigenvalue weighted by Crippen LogP contribution is -2.37. The normalized spacial score (nSPS) is 11.4. The minimum atomic E-state index is -3.77. The van der Waals surface area contributed by atoms with E-state index < -0.39 is 21.5 Å². The molecule has 0 radical (unpaired) electrons. The number of hydrogen-bond donors (Lipinski definition) is 2. The molecule has 0 heterocycles. The van der Waals surface area contributed by atoms with E-state index in [4.69, 9.17) is 10.5 Å². The Morgan fingerprint density at radius 3 is 2.48 bits per heavy atom. The molecule has 0 bridgehead atoms. The SMILES string of the molecule is CCC(CC)NC(=O)CS(=O)(=O)c1ccc(N)cc1OC. The Morgan fingerprint density at radius 1 is 1.33 bits per heavy atom. The van der Waals surface area contributed by atoms with E-state index in [1.165, 1.54) is 25.3 Å². The van der Waals surface area contributed by atoms with E-state index in [9.17, 15) is 13.2 Å². The Hall–Kier alpha value is -1.76. The summed E-state index contributed by atoms with van der Waals surface area (Å²) >= 11 is 0. The van der Waals surface area contributed by atoms with Crippen LogP contribution in [0.15, 0.2) is 23.1 Å². The van der Waals surface area contributed by atoms with Crippen LogP contribution in [0.4, 0.5) is 5.69 Å². The van der Waals surface area contributed by atoms with E-state index in [2.05, 4.69) is 5.32 Å². The first-order valence-electron chi connectivity index (χ1n) is 6.79. The smallest absolute Gasteiger partial charge is 0.235 e. The number of anilines is 1. The summed E-state index contributed by atoms with van der Waals surface area (Å²) in [6.07, 6.45) is 1.51. The lowest BCUT2D eigenvalue weighted by Gasteiger charge is -2.15. The third kappa shape index (κ3) is 4.63. The molecule has 0 fully saturated rings. The minimum Gasteiger partial charge on any atom is -0.495 e. The van der Waals surface area contributed by atoms with Gasteiger partial charge in [-0.1, -0.05) is 13.8 Å². The molecule has 0 atom stereocenters. The maximum absolute atomic E-state index is 12.3. The fraction of sp³-hybridized carbons (Fsp3) is 0.500. The predicted molar refractivity (Wildman–Crippen MR) is 82.0 cm³/mol. The van der Waals surface area contributed by atoms with Crippen molar-refractivity contribution in [2.45, 2.75) is 37.6 Å². The van der Waals surface area contributed by atoms with E-state index in [-0.39, 0.29) is 16.7 Å². The van der Waals surface area contributed by atoms with Crippen molar-refractivity contribution < 1.29 is 17.9 Å². The number of hydrogen-bond acceptors (Lipinski definition) is 5. The van der Waals surface area contributed by atoms with Crippen LogP contribution in [-0.4, -0.2) is 33.2 Å². The van der Waals surface area contributed by atoms with Gasteiger partial charge in [-0.25, -0.2) is 8.42 Å². The van der Waals surface area contributed by atoms with E-state index in [0.29, 0.717) is 5.69 Å². The summed E-state index contributed by atoms with van der Waals surface area (Å²) in [5.41, 5.74) is 5.99. The zero-order valence-electron chi connectivity index (χ0n) is 12.5. The van der Waals surface area contributed by atoms with Gasteiger partial charge < -0.3 is 15.8 Å². The van der Waals surface area contributed by atoms with Crippen molar-refractivity contribution >= 4 is 21.4 Å². The molecular weight excluding hydrogens is 292 g/mol. The molecule has 3 N–H and O–H groups in total. The van der Waals surface area contributed by atoms with Crippen LogP contribution in [0.3, 0.4) is 0 Å². The van der Waals surface area contributed by atoms with Gasteiger partial charge in [0.05, 0.1) is 7.11 Å². The zero-order valence-corrected chi connectivity index (χ0v) is 13.4. The maximum Gasteiger partial charge on any atom is 0.235 e. The number of carbonyl (C=O) groups excluding carboxylic acids is 1. The molecule has 0 aliphatic rings. The highest BCUT2D eigenvalue weighted by Crippen LogP contribution is 2.26. The van der Waals surface area contributed by atoms with Gasteiger partial charge in [0.25, 0.3) is 0 Å². The molecule has 0 aliphatic heterocycles. The molecule has 7 heteroatoms. The first-order valence-corrected chi connectivity index (χ1v) is 8.44. The first kappa shape index (κ1) is 17.3. The van der Waals surface area contributed by atoms with Crippen molar-refractivity contribution in [2.75, 3.05) is 18.6 Å². The summed E-state index contributed by atoms with van der Waals surface area (Å²) in [5.74, 6) is -0.975. The number of benzene rings is 1. The number of methoxy groups -OCH3 is 1. The second-order valence-electron chi connectivity index (χ2n) is 4.75. The van der Waals surface area contributed by atoms with Gasteiger partial charge in [-0.2, -0.15) is 0 Å². The van der Waals surface area contributed by atoms with Crippen molar-refractivity contribution in [3.8, 4) is 5.75 Å². The first-order chi connectivity index (χ1) is 9.83. The molecule has 0 saturated carbocycles. The molecule has 1 aromatic rings. The number of nitrogens with two attached hydrogens (primary N) is 1. The van der Waals surface area contributed by atoms with Gasteiger partial charge in [0.2, 0.25) is 5.91 Å². The number of sulfone groups is 1. The molecular formula is C14H22N2O4S. The molecule has 0 saturated heterocycles. The average molecular weight is 314 g/mol. The Morgan fingerprint density at radius 2 is 1.95 bits per heavy atom. The van der Waals surface area contributed by atoms with Crippen molar-refractivity contribution in [3.63, 3.8) is 0 Å². The van der Waals surface area contributed by atoms with Crippen LogP contribution in [0, 0.1) is 0 Å². The molecule has 118 valence electrons. The molecule has 6 nitrogen and oxygen atoms in total. The van der Waals surface area contributed by atoms with Crippen LogP contribution in [-0.2, 0) is 14.6 Å². The largest absolute Gasteiger partial charge is 0.495 e. The molecule has 0 unspecified atom stereocenters. The Balaban J connectivity index is 2.94. The number of nitrogens with one attached hydrogen (secondary N) is 1. The third-order valence-corrected chi connectivity index (χ3v) is 4.84. The van der Waals surface area contributed by atoms with Gasteiger partial charge in [-0.05, 0) is 25.0 Å². The molecule has 0 spiro atoms. The van der Waals surface area contributed by atoms with Gasteiger partial charge in [0.1, 0.15) is 16.4 Å². The Labute approximate surface area is 125 Å². The Kier molecular flexibility index (Phi) is 6.02. The van der Waals surface area contributed by atoms with Crippen LogP contribution < -0.4 is 15.8 Å². The molecule has 21 heavy (non-hydrogen) atoms. The van der Waals surface area contributed by atoms with Gasteiger partial charge in [0, 0.05) is 17.8 Å². The Bertz CT molecular complexity index is 595. The number of amides is 1. The summed E-state index contributed by atoms with van der Waals surface area (Å²) in [5, 5.41) is 2.71. The fourth-order valence-electron chi connectivity index (χ4n) is 1.95. The van der Waals surface area contributed by atoms with E-state index in [0.717, 1.165) is 12.8 Å². The summed E-state index contributed by atoms with van der Waals surface area (Å²) in [4.78, 5) is 11.8. The summed E-state index contributed by atoms with van der Waals surface area (Å²) in [6.45, 7) is 3.87. The second-order valence-corrected chi connectivity index (χ2v) is 6.71. The zero-order chi connectivity index (χ0) is 16.0. The molecule has 0 aromatic heterocycles. The molecule has 1 rings (SSSR count).